The molecule has 20 heavy (non-hydrogen) atoms. The minimum atomic E-state index is -0.504. The van der Waals surface area contributed by atoms with E-state index in [9.17, 15) is 14.9 Å². The number of halogens is 1. The van der Waals surface area contributed by atoms with Gasteiger partial charge in [0.05, 0.1) is 10.5 Å². The van der Waals surface area contributed by atoms with Crippen LogP contribution in [0.25, 0.3) is 0 Å². The average Bonchev–Trinajstić information content (AvgIpc) is 2.45. The van der Waals surface area contributed by atoms with Gasteiger partial charge in [0, 0.05) is 22.1 Å². The van der Waals surface area contributed by atoms with Crippen molar-refractivity contribution in [2.45, 2.75) is 45.6 Å². The van der Waals surface area contributed by atoms with E-state index in [0.717, 1.165) is 19.3 Å². The topological polar surface area (TPSA) is 72.2 Å². The third-order valence-electron chi connectivity index (χ3n) is 3.81. The van der Waals surface area contributed by atoms with Gasteiger partial charge in [0.2, 0.25) is 0 Å². The first-order valence-electron chi connectivity index (χ1n) is 6.65. The van der Waals surface area contributed by atoms with Gasteiger partial charge in [-0.2, -0.15) is 0 Å². The van der Waals surface area contributed by atoms with Crippen molar-refractivity contribution < 1.29 is 9.72 Å². The summed E-state index contributed by atoms with van der Waals surface area (Å²) in [6.45, 7) is 6.07. The lowest BCUT2D eigenvalue weighted by Crippen LogP contribution is -2.47. The van der Waals surface area contributed by atoms with Crippen LogP contribution in [0.5, 0.6) is 0 Å². The van der Waals surface area contributed by atoms with Gasteiger partial charge in [-0.3, -0.25) is 14.9 Å². The summed E-state index contributed by atoms with van der Waals surface area (Å²) in [7, 11) is 0. The highest BCUT2D eigenvalue weighted by Crippen LogP contribution is 2.25. The molecule has 1 aromatic carbocycles. The largest absolute Gasteiger partial charge is 0.347 e. The molecular weight excluding hydrogens is 324 g/mol. The van der Waals surface area contributed by atoms with E-state index in [2.05, 4.69) is 21.2 Å². The zero-order valence-electron chi connectivity index (χ0n) is 11.9. The Morgan fingerprint density at radius 3 is 2.30 bits per heavy atom. The molecule has 0 saturated heterocycles. The molecule has 0 aliphatic rings. The predicted octanol–water partition coefficient (Wildman–Crippen LogP) is 4.06. The van der Waals surface area contributed by atoms with Gasteiger partial charge in [-0.25, -0.2) is 0 Å². The summed E-state index contributed by atoms with van der Waals surface area (Å²) in [5.41, 5.74) is -0.0615. The van der Waals surface area contributed by atoms with Gasteiger partial charge in [0.25, 0.3) is 11.6 Å². The maximum atomic E-state index is 12.4. The molecule has 0 aliphatic carbocycles. The average molecular weight is 343 g/mol. The Kier molecular flexibility index (Phi) is 5.68. The minimum Gasteiger partial charge on any atom is -0.347 e. The summed E-state index contributed by atoms with van der Waals surface area (Å²) in [6.07, 6.45) is 2.45. The van der Waals surface area contributed by atoms with Crippen LogP contribution < -0.4 is 5.32 Å². The van der Waals surface area contributed by atoms with Crippen LogP contribution in [-0.2, 0) is 0 Å². The fourth-order valence-electron chi connectivity index (χ4n) is 2.12. The Hall–Kier alpha value is -1.43. The molecule has 0 saturated carbocycles. The maximum absolute atomic E-state index is 12.4. The molecule has 6 heteroatoms. The highest BCUT2D eigenvalue weighted by molar-refractivity contribution is 9.10. The standard InChI is InChI=1S/C14H19BrN2O3/c1-4-14(5-2,6-3)16-13(18)11-9-10(17(19)20)7-8-12(11)15/h7-9H,4-6H2,1-3H3,(H,16,18). The Bertz CT molecular complexity index is 505. The SMILES string of the molecule is CCC(CC)(CC)NC(=O)c1cc([N+](=O)[O-])ccc1Br. The molecule has 0 heterocycles. The number of amides is 1. The molecule has 1 N–H and O–H groups in total. The normalized spacial score (nSPS) is 11.2. The second-order valence-corrected chi connectivity index (χ2v) is 5.57. The number of nitro benzene ring substituents is 1. The number of rotatable bonds is 6. The lowest BCUT2D eigenvalue weighted by Gasteiger charge is -2.31. The van der Waals surface area contributed by atoms with E-state index in [4.69, 9.17) is 0 Å². The molecule has 0 aromatic heterocycles. The van der Waals surface area contributed by atoms with E-state index in [-0.39, 0.29) is 17.1 Å². The van der Waals surface area contributed by atoms with Crippen molar-refractivity contribution in [1.82, 2.24) is 5.32 Å². The third kappa shape index (κ3) is 3.56. The van der Waals surface area contributed by atoms with Crippen molar-refractivity contribution >= 4 is 27.5 Å². The van der Waals surface area contributed by atoms with Gasteiger partial charge in [-0.05, 0) is 41.3 Å². The molecule has 0 unspecified atom stereocenters. The quantitative estimate of drug-likeness (QED) is 0.625. The lowest BCUT2D eigenvalue weighted by atomic mass is 9.89. The van der Waals surface area contributed by atoms with Gasteiger partial charge < -0.3 is 5.32 Å². The van der Waals surface area contributed by atoms with Crippen molar-refractivity contribution in [3.63, 3.8) is 0 Å². The molecule has 1 aromatic rings. The first-order valence-corrected chi connectivity index (χ1v) is 7.44. The number of carbonyl (C=O) groups excluding carboxylic acids is 1. The number of benzene rings is 1. The van der Waals surface area contributed by atoms with Crippen LogP contribution in [0.4, 0.5) is 5.69 Å². The first kappa shape index (κ1) is 16.6. The number of nitro groups is 1. The van der Waals surface area contributed by atoms with Crippen molar-refractivity contribution in [3.8, 4) is 0 Å². The number of non-ortho nitro benzene ring substituents is 1. The van der Waals surface area contributed by atoms with E-state index in [0.29, 0.717) is 10.0 Å². The zero-order valence-corrected chi connectivity index (χ0v) is 13.5. The summed E-state index contributed by atoms with van der Waals surface area (Å²) in [5.74, 6) is -0.286. The van der Waals surface area contributed by atoms with Gasteiger partial charge >= 0.3 is 0 Å². The lowest BCUT2D eigenvalue weighted by molar-refractivity contribution is -0.384. The summed E-state index contributed by atoms with van der Waals surface area (Å²) in [6, 6.07) is 4.19. The second kappa shape index (κ2) is 6.83. The van der Waals surface area contributed by atoms with Crippen molar-refractivity contribution in [2.75, 3.05) is 0 Å². The Morgan fingerprint density at radius 1 is 1.30 bits per heavy atom. The predicted molar refractivity (Wildman–Crippen MR) is 81.9 cm³/mol. The van der Waals surface area contributed by atoms with Gasteiger partial charge in [0.15, 0.2) is 0 Å². The summed E-state index contributed by atoms with van der Waals surface area (Å²) in [5, 5.41) is 13.8. The number of nitrogens with one attached hydrogen (secondary N) is 1. The van der Waals surface area contributed by atoms with E-state index < -0.39 is 4.92 Å². The molecule has 0 aliphatic heterocycles. The number of hydrogen-bond acceptors (Lipinski definition) is 3. The summed E-state index contributed by atoms with van der Waals surface area (Å²) in [4.78, 5) is 22.7. The molecule has 1 amide bonds. The Balaban J connectivity index is 3.08. The molecule has 110 valence electrons. The van der Waals surface area contributed by atoms with Crippen molar-refractivity contribution in [3.05, 3.63) is 38.3 Å². The minimum absolute atomic E-state index is 0.0894. The van der Waals surface area contributed by atoms with Gasteiger partial charge in [-0.15, -0.1) is 0 Å². The summed E-state index contributed by atoms with van der Waals surface area (Å²) < 4.78 is 0.554. The van der Waals surface area contributed by atoms with Crippen LogP contribution in [0.2, 0.25) is 0 Å². The van der Waals surface area contributed by atoms with Crippen LogP contribution in [0.15, 0.2) is 22.7 Å². The van der Waals surface area contributed by atoms with E-state index in [1.807, 2.05) is 20.8 Å². The van der Waals surface area contributed by atoms with Crippen LogP contribution in [0.3, 0.4) is 0 Å². The number of hydrogen-bond donors (Lipinski definition) is 1. The number of carbonyl (C=O) groups is 1. The van der Waals surface area contributed by atoms with Crippen LogP contribution >= 0.6 is 15.9 Å². The van der Waals surface area contributed by atoms with Crippen LogP contribution in [0.1, 0.15) is 50.4 Å². The van der Waals surface area contributed by atoms with E-state index >= 15 is 0 Å². The Labute approximate surface area is 127 Å². The first-order chi connectivity index (χ1) is 9.39. The fourth-order valence-corrected chi connectivity index (χ4v) is 2.55. The van der Waals surface area contributed by atoms with Gasteiger partial charge in [-0.1, -0.05) is 20.8 Å². The highest BCUT2D eigenvalue weighted by atomic mass is 79.9. The Morgan fingerprint density at radius 2 is 1.85 bits per heavy atom. The number of nitrogens with zero attached hydrogens (tertiary/aromatic N) is 1. The molecule has 5 nitrogen and oxygen atoms in total. The van der Waals surface area contributed by atoms with Crippen LogP contribution in [-0.4, -0.2) is 16.4 Å². The molecule has 1 rings (SSSR count). The van der Waals surface area contributed by atoms with E-state index in [1.54, 1.807) is 0 Å². The molecule has 0 fully saturated rings. The summed E-state index contributed by atoms with van der Waals surface area (Å²) >= 11 is 3.27. The van der Waals surface area contributed by atoms with E-state index in [1.165, 1.54) is 18.2 Å². The van der Waals surface area contributed by atoms with Crippen LogP contribution in [0, 0.1) is 10.1 Å². The molecule has 0 radical (unpaired) electrons. The second-order valence-electron chi connectivity index (χ2n) is 4.72. The molecular formula is C14H19BrN2O3. The monoisotopic (exact) mass is 342 g/mol. The van der Waals surface area contributed by atoms with Crippen molar-refractivity contribution in [1.29, 1.82) is 0 Å². The molecule has 0 spiro atoms. The molecule has 0 atom stereocenters. The third-order valence-corrected chi connectivity index (χ3v) is 4.51. The highest BCUT2D eigenvalue weighted by Gasteiger charge is 2.27. The fraction of sp³-hybridized carbons (Fsp3) is 0.500. The smallest absolute Gasteiger partial charge is 0.270 e. The van der Waals surface area contributed by atoms with Crippen molar-refractivity contribution in [2.24, 2.45) is 0 Å². The van der Waals surface area contributed by atoms with Gasteiger partial charge in [0.1, 0.15) is 0 Å². The molecule has 0 bridgehead atoms. The zero-order chi connectivity index (χ0) is 15.3. The maximum Gasteiger partial charge on any atom is 0.270 e.